The van der Waals surface area contributed by atoms with Gasteiger partial charge >= 0.3 is 0 Å². The third kappa shape index (κ3) is 2.31. The molecule has 0 aliphatic carbocycles. The molecule has 0 bridgehead atoms. The summed E-state index contributed by atoms with van der Waals surface area (Å²) in [6.07, 6.45) is 2.65. The van der Waals surface area contributed by atoms with Gasteiger partial charge in [0.2, 0.25) is 0 Å². The number of halogens is 2. The van der Waals surface area contributed by atoms with Gasteiger partial charge in [0.15, 0.2) is 0 Å². The van der Waals surface area contributed by atoms with Crippen molar-refractivity contribution in [2.24, 2.45) is 0 Å². The summed E-state index contributed by atoms with van der Waals surface area (Å²) in [5.41, 5.74) is 1.20. The fourth-order valence-electron chi connectivity index (χ4n) is 2.05. The second-order valence-electron chi connectivity index (χ2n) is 4.19. The molecule has 1 aliphatic rings. The maximum Gasteiger partial charge on any atom is 0.146 e. The third-order valence-electron chi connectivity index (χ3n) is 2.96. The van der Waals surface area contributed by atoms with Gasteiger partial charge in [-0.25, -0.2) is 9.97 Å². The van der Waals surface area contributed by atoms with Gasteiger partial charge in [-0.15, -0.1) is 0 Å². The Balaban J connectivity index is 1.89. The van der Waals surface area contributed by atoms with Gasteiger partial charge in [-0.1, -0.05) is 29.8 Å². The van der Waals surface area contributed by atoms with Crippen LogP contribution in [0.3, 0.4) is 0 Å². The standard InChI is InChI=1S/C13H10ClIN2O/c14-12-10(15)6-16-13(17-12)9-5-8-3-1-2-4-11(8)18-7-9/h1-4,6,9H,5,7H2. The summed E-state index contributed by atoms with van der Waals surface area (Å²) >= 11 is 8.16. The molecular formula is C13H10ClIN2O. The van der Waals surface area contributed by atoms with Crippen LogP contribution in [0.4, 0.5) is 0 Å². The Morgan fingerprint density at radius 2 is 2.17 bits per heavy atom. The van der Waals surface area contributed by atoms with Gasteiger partial charge in [-0.05, 0) is 40.6 Å². The Kier molecular flexibility index (Phi) is 3.39. The summed E-state index contributed by atoms with van der Waals surface area (Å²) in [7, 11) is 0. The highest BCUT2D eigenvalue weighted by Gasteiger charge is 2.23. The highest BCUT2D eigenvalue weighted by Crippen LogP contribution is 2.31. The van der Waals surface area contributed by atoms with Gasteiger partial charge in [0.1, 0.15) is 16.7 Å². The Bertz CT molecular complexity index is 591. The van der Waals surface area contributed by atoms with Crippen molar-refractivity contribution in [3.8, 4) is 5.75 Å². The highest BCUT2D eigenvalue weighted by molar-refractivity contribution is 14.1. The van der Waals surface area contributed by atoms with E-state index in [0.29, 0.717) is 11.8 Å². The van der Waals surface area contributed by atoms with E-state index in [-0.39, 0.29) is 5.92 Å². The average molecular weight is 373 g/mol. The quantitative estimate of drug-likeness (QED) is 0.568. The van der Waals surface area contributed by atoms with E-state index in [1.807, 2.05) is 18.2 Å². The number of para-hydroxylation sites is 1. The first-order valence-electron chi connectivity index (χ1n) is 5.62. The summed E-state index contributed by atoms with van der Waals surface area (Å²) in [6, 6.07) is 8.08. The minimum atomic E-state index is 0.175. The second-order valence-corrected chi connectivity index (χ2v) is 5.71. The van der Waals surface area contributed by atoms with Crippen LogP contribution in [0.25, 0.3) is 0 Å². The Hall–Kier alpha value is -0.880. The maximum absolute atomic E-state index is 6.03. The average Bonchev–Trinajstić information content (AvgIpc) is 2.41. The second kappa shape index (κ2) is 5.01. The number of nitrogens with zero attached hydrogens (tertiary/aromatic N) is 2. The van der Waals surface area contributed by atoms with Gasteiger partial charge < -0.3 is 4.74 Å². The highest BCUT2D eigenvalue weighted by atomic mass is 127. The lowest BCUT2D eigenvalue weighted by molar-refractivity contribution is 0.257. The van der Waals surface area contributed by atoms with E-state index in [9.17, 15) is 0 Å². The topological polar surface area (TPSA) is 35.0 Å². The van der Waals surface area contributed by atoms with Gasteiger partial charge in [0, 0.05) is 6.20 Å². The molecule has 1 aromatic carbocycles. The minimum absolute atomic E-state index is 0.175. The number of hydrogen-bond donors (Lipinski definition) is 0. The van der Waals surface area contributed by atoms with Crippen molar-refractivity contribution in [3.63, 3.8) is 0 Å². The molecule has 0 N–H and O–H groups in total. The molecule has 18 heavy (non-hydrogen) atoms. The summed E-state index contributed by atoms with van der Waals surface area (Å²) < 4.78 is 6.61. The van der Waals surface area contributed by atoms with E-state index in [4.69, 9.17) is 16.3 Å². The number of rotatable bonds is 1. The summed E-state index contributed by atoms with van der Waals surface area (Å²) in [5, 5.41) is 0.513. The molecule has 0 spiro atoms. The Labute approximate surface area is 124 Å². The monoisotopic (exact) mass is 372 g/mol. The summed E-state index contributed by atoms with van der Waals surface area (Å²) in [6.45, 7) is 0.605. The van der Waals surface area contributed by atoms with Crippen LogP contribution >= 0.6 is 34.2 Å². The van der Waals surface area contributed by atoms with Crippen molar-refractivity contribution in [2.45, 2.75) is 12.3 Å². The molecule has 2 heterocycles. The number of aromatic nitrogens is 2. The van der Waals surface area contributed by atoms with Gasteiger partial charge in [-0.2, -0.15) is 0 Å². The predicted molar refractivity (Wildman–Crippen MR) is 78.1 cm³/mol. The van der Waals surface area contributed by atoms with E-state index in [0.717, 1.165) is 21.6 Å². The summed E-state index contributed by atoms with van der Waals surface area (Å²) in [5.74, 6) is 1.90. The van der Waals surface area contributed by atoms with Gasteiger partial charge in [0.25, 0.3) is 0 Å². The van der Waals surface area contributed by atoms with Gasteiger partial charge in [-0.3, -0.25) is 0 Å². The molecule has 5 heteroatoms. The number of hydrogen-bond acceptors (Lipinski definition) is 3. The third-order valence-corrected chi connectivity index (χ3v) is 4.36. The van der Waals surface area contributed by atoms with Crippen LogP contribution in [-0.4, -0.2) is 16.6 Å². The maximum atomic E-state index is 6.03. The molecule has 0 radical (unpaired) electrons. The first kappa shape index (κ1) is 12.2. The normalized spacial score (nSPS) is 18.0. The molecule has 92 valence electrons. The van der Waals surface area contributed by atoms with Crippen molar-refractivity contribution in [2.75, 3.05) is 6.61 Å². The first-order valence-corrected chi connectivity index (χ1v) is 7.08. The lowest BCUT2D eigenvalue weighted by Gasteiger charge is -2.24. The fraction of sp³-hybridized carbons (Fsp3) is 0.231. The molecule has 1 unspecified atom stereocenters. The van der Waals surface area contributed by atoms with Crippen molar-refractivity contribution in [1.29, 1.82) is 0 Å². The van der Waals surface area contributed by atoms with Crippen LogP contribution in [0.2, 0.25) is 5.15 Å². The molecule has 0 amide bonds. The fourth-order valence-corrected chi connectivity index (χ4v) is 2.44. The molecule has 1 aliphatic heterocycles. The zero-order valence-electron chi connectivity index (χ0n) is 9.44. The van der Waals surface area contributed by atoms with Crippen molar-refractivity contribution < 1.29 is 4.74 Å². The van der Waals surface area contributed by atoms with Crippen LogP contribution < -0.4 is 4.74 Å². The lowest BCUT2D eigenvalue weighted by atomic mass is 9.96. The Morgan fingerprint density at radius 1 is 1.33 bits per heavy atom. The van der Waals surface area contributed by atoms with E-state index in [1.165, 1.54) is 5.56 Å². The molecule has 1 atom stereocenters. The van der Waals surface area contributed by atoms with Crippen LogP contribution in [0.1, 0.15) is 17.3 Å². The van der Waals surface area contributed by atoms with Crippen LogP contribution in [0, 0.1) is 3.57 Å². The molecular weight excluding hydrogens is 363 g/mol. The number of fused-ring (bicyclic) bond motifs is 1. The molecule has 2 aromatic rings. The molecule has 1 aromatic heterocycles. The molecule has 3 rings (SSSR count). The van der Waals surface area contributed by atoms with Crippen LogP contribution in [0.15, 0.2) is 30.5 Å². The van der Waals surface area contributed by atoms with Crippen LogP contribution in [-0.2, 0) is 6.42 Å². The SMILES string of the molecule is Clc1nc(C2COc3ccccc3C2)ncc1I. The van der Waals surface area contributed by atoms with Crippen molar-refractivity contribution in [1.82, 2.24) is 9.97 Å². The van der Waals surface area contributed by atoms with E-state index >= 15 is 0 Å². The zero-order chi connectivity index (χ0) is 12.5. The van der Waals surface area contributed by atoms with Crippen LogP contribution in [0.5, 0.6) is 5.75 Å². The lowest BCUT2D eigenvalue weighted by Crippen LogP contribution is -2.21. The molecule has 0 fully saturated rings. The van der Waals surface area contributed by atoms with Crippen molar-refractivity contribution >= 4 is 34.2 Å². The van der Waals surface area contributed by atoms with Gasteiger partial charge in [0.05, 0.1) is 16.1 Å². The van der Waals surface area contributed by atoms with E-state index in [1.54, 1.807) is 6.20 Å². The Morgan fingerprint density at radius 3 is 3.00 bits per heavy atom. The smallest absolute Gasteiger partial charge is 0.146 e. The zero-order valence-corrected chi connectivity index (χ0v) is 12.4. The largest absolute Gasteiger partial charge is 0.493 e. The van der Waals surface area contributed by atoms with E-state index in [2.05, 4.69) is 38.6 Å². The van der Waals surface area contributed by atoms with E-state index < -0.39 is 0 Å². The first-order chi connectivity index (χ1) is 8.74. The molecule has 0 saturated carbocycles. The minimum Gasteiger partial charge on any atom is -0.493 e. The number of benzene rings is 1. The van der Waals surface area contributed by atoms with Crippen molar-refractivity contribution in [3.05, 3.63) is 50.6 Å². The summed E-state index contributed by atoms with van der Waals surface area (Å²) in [4.78, 5) is 8.69. The molecule has 0 saturated heterocycles. The molecule has 3 nitrogen and oxygen atoms in total. The number of ether oxygens (including phenoxy) is 1. The predicted octanol–water partition coefficient (Wildman–Crippen LogP) is 3.45.